The zero-order valence-corrected chi connectivity index (χ0v) is 11.7. The maximum absolute atomic E-state index is 11.4. The quantitative estimate of drug-likeness (QED) is 0.836. The van der Waals surface area contributed by atoms with Gasteiger partial charge in [0, 0.05) is 22.7 Å². The fourth-order valence-corrected chi connectivity index (χ4v) is 1.94. The summed E-state index contributed by atoms with van der Waals surface area (Å²) < 4.78 is 0. The molecule has 0 aliphatic rings. The molecule has 3 nitrogen and oxygen atoms in total. The largest absolute Gasteiger partial charge is 0.387 e. The van der Waals surface area contributed by atoms with E-state index < -0.39 is 6.10 Å². The average Bonchev–Trinajstić information content (AvgIpc) is 2.23. The lowest BCUT2D eigenvalue weighted by molar-refractivity contribution is -0.117. The first kappa shape index (κ1) is 15.0. The van der Waals surface area contributed by atoms with Crippen LogP contribution in [0, 0.1) is 0 Å². The Morgan fingerprint density at radius 1 is 1.33 bits per heavy atom. The molecule has 0 aliphatic carbocycles. The molecule has 0 heterocycles. The van der Waals surface area contributed by atoms with E-state index in [0.717, 1.165) is 5.57 Å². The summed E-state index contributed by atoms with van der Waals surface area (Å²) in [6.07, 6.45) is 0.633. The van der Waals surface area contributed by atoms with Crippen LogP contribution < -0.4 is 5.32 Å². The Hall–Kier alpha value is -1.03. The molecular formula is C13H15Cl2NO2. The summed E-state index contributed by atoms with van der Waals surface area (Å²) in [7, 11) is 0. The highest BCUT2D eigenvalue weighted by Crippen LogP contribution is 2.23. The second-order valence-electron chi connectivity index (χ2n) is 4.19. The molecule has 0 saturated carbocycles. The van der Waals surface area contributed by atoms with Crippen molar-refractivity contribution in [3.05, 3.63) is 45.5 Å². The van der Waals surface area contributed by atoms with Gasteiger partial charge in [0.2, 0.25) is 5.91 Å². The van der Waals surface area contributed by atoms with E-state index >= 15 is 0 Å². The number of carbonyl (C=O) groups excluding carboxylic acids is 1. The van der Waals surface area contributed by atoms with Gasteiger partial charge in [-0.1, -0.05) is 28.8 Å². The first-order valence-corrected chi connectivity index (χ1v) is 6.21. The van der Waals surface area contributed by atoms with Crippen LogP contribution in [0.25, 0.3) is 0 Å². The highest BCUT2D eigenvalue weighted by Gasteiger charge is 2.10. The molecule has 5 heteroatoms. The molecule has 1 amide bonds. The van der Waals surface area contributed by atoms with E-state index in [-0.39, 0.29) is 12.5 Å². The molecule has 0 spiro atoms. The number of nitrogens with one attached hydrogen (secondary N) is 1. The molecule has 1 aromatic carbocycles. The topological polar surface area (TPSA) is 49.3 Å². The average molecular weight is 288 g/mol. The van der Waals surface area contributed by atoms with Crippen LogP contribution >= 0.6 is 23.2 Å². The lowest BCUT2D eigenvalue weighted by Gasteiger charge is -2.12. The minimum Gasteiger partial charge on any atom is -0.387 e. The Labute approximate surface area is 116 Å². The summed E-state index contributed by atoms with van der Waals surface area (Å²) in [5.41, 5.74) is 1.47. The maximum atomic E-state index is 11.4. The molecule has 1 rings (SSSR count). The Morgan fingerprint density at radius 3 is 2.39 bits per heavy atom. The number of benzene rings is 1. The maximum Gasteiger partial charge on any atom is 0.244 e. The summed E-state index contributed by atoms with van der Waals surface area (Å²) >= 11 is 11.7. The summed E-state index contributed by atoms with van der Waals surface area (Å²) in [4.78, 5) is 11.4. The monoisotopic (exact) mass is 287 g/mol. The Balaban J connectivity index is 2.63. The van der Waals surface area contributed by atoms with Crippen LogP contribution in [0.5, 0.6) is 0 Å². The fraction of sp³-hybridized carbons (Fsp3) is 0.308. The lowest BCUT2D eigenvalue weighted by Crippen LogP contribution is -2.26. The summed E-state index contributed by atoms with van der Waals surface area (Å²) in [6, 6.07) is 4.82. The van der Waals surface area contributed by atoms with E-state index in [9.17, 15) is 9.90 Å². The van der Waals surface area contributed by atoms with Crippen LogP contribution in [0.1, 0.15) is 25.5 Å². The molecule has 98 valence electrons. The molecule has 0 aromatic heterocycles. The Morgan fingerprint density at radius 2 is 1.89 bits per heavy atom. The van der Waals surface area contributed by atoms with Gasteiger partial charge in [0.15, 0.2) is 0 Å². The van der Waals surface area contributed by atoms with Gasteiger partial charge < -0.3 is 10.4 Å². The molecule has 1 unspecified atom stereocenters. The molecule has 0 aliphatic heterocycles. The van der Waals surface area contributed by atoms with Gasteiger partial charge in [-0.3, -0.25) is 4.79 Å². The van der Waals surface area contributed by atoms with Gasteiger partial charge >= 0.3 is 0 Å². The number of aliphatic hydroxyl groups excluding tert-OH is 1. The molecule has 0 bridgehead atoms. The van der Waals surface area contributed by atoms with Gasteiger partial charge in [-0.05, 0) is 37.6 Å². The van der Waals surface area contributed by atoms with Gasteiger partial charge in [0.05, 0.1) is 6.10 Å². The van der Waals surface area contributed by atoms with Crippen molar-refractivity contribution in [2.75, 3.05) is 6.54 Å². The number of amides is 1. The van der Waals surface area contributed by atoms with E-state index in [1.54, 1.807) is 18.2 Å². The minimum atomic E-state index is -0.837. The first-order chi connectivity index (χ1) is 8.38. The smallest absolute Gasteiger partial charge is 0.244 e. The van der Waals surface area contributed by atoms with Crippen LogP contribution in [-0.4, -0.2) is 17.6 Å². The summed E-state index contributed by atoms with van der Waals surface area (Å²) in [5, 5.41) is 13.4. The highest BCUT2D eigenvalue weighted by atomic mass is 35.5. The Kier molecular flexibility index (Phi) is 5.66. The first-order valence-electron chi connectivity index (χ1n) is 5.45. The van der Waals surface area contributed by atoms with Crippen molar-refractivity contribution in [3.8, 4) is 0 Å². The van der Waals surface area contributed by atoms with Gasteiger partial charge in [0.25, 0.3) is 0 Å². The molecule has 0 saturated heterocycles. The van der Waals surface area contributed by atoms with Crippen LogP contribution in [-0.2, 0) is 4.79 Å². The standard InChI is InChI=1S/C13H15Cl2NO2/c1-8(2)3-13(18)16-7-12(17)9-4-10(14)6-11(15)5-9/h3-6,12,17H,7H2,1-2H3,(H,16,18). The fourth-order valence-electron chi connectivity index (χ4n) is 1.40. The van der Waals surface area contributed by atoms with E-state index in [0.29, 0.717) is 15.6 Å². The predicted octanol–water partition coefficient (Wildman–Crippen LogP) is 3.11. The van der Waals surface area contributed by atoms with Crippen molar-refractivity contribution in [1.82, 2.24) is 5.32 Å². The van der Waals surface area contributed by atoms with Gasteiger partial charge in [-0.2, -0.15) is 0 Å². The normalized spacial score (nSPS) is 11.8. The number of hydrogen-bond donors (Lipinski definition) is 2. The van der Waals surface area contributed by atoms with Crippen molar-refractivity contribution < 1.29 is 9.90 Å². The zero-order chi connectivity index (χ0) is 13.7. The molecule has 18 heavy (non-hydrogen) atoms. The molecule has 1 atom stereocenters. The van der Waals surface area contributed by atoms with E-state index in [1.165, 1.54) is 6.08 Å². The van der Waals surface area contributed by atoms with Crippen LogP contribution in [0.15, 0.2) is 29.8 Å². The molecule has 2 N–H and O–H groups in total. The molecule has 1 aromatic rings. The number of allylic oxidation sites excluding steroid dienone is 1. The number of halogens is 2. The van der Waals surface area contributed by atoms with Crippen molar-refractivity contribution >= 4 is 29.1 Å². The van der Waals surface area contributed by atoms with E-state index in [2.05, 4.69) is 5.32 Å². The number of hydrogen-bond acceptors (Lipinski definition) is 2. The second-order valence-corrected chi connectivity index (χ2v) is 5.06. The van der Waals surface area contributed by atoms with Gasteiger partial charge in [0.1, 0.15) is 0 Å². The van der Waals surface area contributed by atoms with E-state index in [4.69, 9.17) is 23.2 Å². The summed E-state index contributed by atoms with van der Waals surface area (Å²) in [5.74, 6) is -0.234. The highest BCUT2D eigenvalue weighted by molar-refractivity contribution is 6.34. The van der Waals surface area contributed by atoms with Crippen molar-refractivity contribution in [1.29, 1.82) is 0 Å². The van der Waals surface area contributed by atoms with Crippen LogP contribution in [0.2, 0.25) is 10.0 Å². The number of aliphatic hydroxyl groups is 1. The third kappa shape index (κ3) is 5.08. The number of rotatable bonds is 4. The van der Waals surface area contributed by atoms with Crippen LogP contribution in [0.3, 0.4) is 0 Å². The molecule has 0 fully saturated rings. The molecular weight excluding hydrogens is 273 g/mol. The van der Waals surface area contributed by atoms with E-state index in [1.807, 2.05) is 13.8 Å². The Bertz CT molecular complexity index is 448. The van der Waals surface area contributed by atoms with Crippen molar-refractivity contribution in [2.45, 2.75) is 20.0 Å². The zero-order valence-electron chi connectivity index (χ0n) is 10.2. The minimum absolute atomic E-state index is 0.110. The summed E-state index contributed by atoms with van der Waals surface area (Å²) in [6.45, 7) is 3.76. The van der Waals surface area contributed by atoms with Crippen LogP contribution in [0.4, 0.5) is 0 Å². The number of carbonyl (C=O) groups is 1. The third-order valence-corrected chi connectivity index (χ3v) is 2.60. The van der Waals surface area contributed by atoms with Crippen molar-refractivity contribution in [3.63, 3.8) is 0 Å². The molecule has 0 radical (unpaired) electrons. The predicted molar refractivity (Wildman–Crippen MR) is 73.9 cm³/mol. The lowest BCUT2D eigenvalue weighted by atomic mass is 10.1. The second kappa shape index (κ2) is 6.78. The van der Waals surface area contributed by atoms with Gasteiger partial charge in [-0.25, -0.2) is 0 Å². The van der Waals surface area contributed by atoms with Crippen molar-refractivity contribution in [2.24, 2.45) is 0 Å². The van der Waals surface area contributed by atoms with Gasteiger partial charge in [-0.15, -0.1) is 0 Å². The SMILES string of the molecule is CC(C)=CC(=O)NCC(O)c1cc(Cl)cc(Cl)c1. The third-order valence-electron chi connectivity index (χ3n) is 2.16.